The van der Waals surface area contributed by atoms with Gasteiger partial charge in [-0.3, -0.25) is 0 Å². The molecule has 1 saturated carbocycles. The van der Waals surface area contributed by atoms with E-state index in [1.807, 2.05) is 5.57 Å². The minimum absolute atomic E-state index is 0.0779. The van der Waals surface area contributed by atoms with E-state index in [4.69, 9.17) is 0 Å². The van der Waals surface area contributed by atoms with Crippen LogP contribution in [-0.2, 0) is 0 Å². The molecule has 0 heterocycles. The highest BCUT2D eigenvalue weighted by Crippen LogP contribution is 2.64. The monoisotopic (exact) mass is 398 g/mol. The minimum Gasteiger partial charge on any atom is -0.393 e. The van der Waals surface area contributed by atoms with Gasteiger partial charge in [0.1, 0.15) is 0 Å². The first-order valence-electron chi connectivity index (χ1n) is 12.8. The van der Waals surface area contributed by atoms with E-state index >= 15 is 0 Å². The lowest BCUT2D eigenvalue weighted by Crippen LogP contribution is -2.48. The lowest BCUT2D eigenvalue weighted by atomic mass is 9.49. The number of aliphatic hydroxyl groups excluding tert-OH is 1. The first kappa shape index (κ1) is 21.7. The van der Waals surface area contributed by atoms with Crippen LogP contribution in [0.1, 0.15) is 106 Å². The van der Waals surface area contributed by atoms with Gasteiger partial charge in [0.25, 0.3) is 0 Å². The van der Waals surface area contributed by atoms with Gasteiger partial charge in [-0.15, -0.1) is 0 Å². The normalized spacial score (nSPS) is 43.0. The molecule has 0 spiro atoms. The fraction of sp³-hybridized carbons (Fsp3) is 0.857. The van der Waals surface area contributed by atoms with Gasteiger partial charge in [0.2, 0.25) is 0 Å². The molecule has 7 atom stereocenters. The van der Waals surface area contributed by atoms with E-state index in [2.05, 4.69) is 47.6 Å². The Kier molecular flexibility index (Phi) is 5.86. The van der Waals surface area contributed by atoms with Crippen molar-refractivity contribution in [2.24, 2.45) is 40.4 Å². The predicted molar refractivity (Wildman–Crippen MR) is 124 cm³/mol. The quantitative estimate of drug-likeness (QED) is 0.503. The van der Waals surface area contributed by atoms with Crippen LogP contribution in [0.25, 0.3) is 0 Å². The molecule has 0 aromatic carbocycles. The molecule has 0 aromatic heterocycles. The Labute approximate surface area is 180 Å². The SMILES string of the molecule is CC(C)CCCC(C)C1CC=C2C3=C(CCC21C)C1(C)CCC(O)C(C)C1CC3. The third-order valence-electron chi connectivity index (χ3n) is 10.1. The van der Waals surface area contributed by atoms with E-state index in [1.165, 1.54) is 57.8 Å². The molecule has 0 radical (unpaired) electrons. The highest BCUT2D eigenvalue weighted by atomic mass is 16.3. The maximum absolute atomic E-state index is 10.5. The molecular weight excluding hydrogens is 352 g/mol. The number of aliphatic hydroxyl groups is 1. The molecule has 1 nitrogen and oxygen atoms in total. The zero-order chi connectivity index (χ0) is 21.0. The molecule has 7 unspecified atom stereocenters. The summed E-state index contributed by atoms with van der Waals surface area (Å²) < 4.78 is 0. The second-order valence-electron chi connectivity index (χ2n) is 12.2. The molecule has 4 aliphatic rings. The van der Waals surface area contributed by atoms with Crippen molar-refractivity contribution in [2.45, 2.75) is 112 Å². The molecule has 1 N–H and O–H groups in total. The number of allylic oxidation sites excluding steroid dienone is 4. The molecule has 4 rings (SSSR count). The fourth-order valence-corrected chi connectivity index (χ4v) is 8.25. The summed E-state index contributed by atoms with van der Waals surface area (Å²) >= 11 is 0. The summed E-state index contributed by atoms with van der Waals surface area (Å²) in [5, 5.41) is 10.5. The second-order valence-corrected chi connectivity index (χ2v) is 12.2. The van der Waals surface area contributed by atoms with Gasteiger partial charge in [-0.2, -0.15) is 0 Å². The summed E-state index contributed by atoms with van der Waals surface area (Å²) in [4.78, 5) is 0. The van der Waals surface area contributed by atoms with E-state index in [0.717, 1.165) is 24.2 Å². The fourth-order valence-electron chi connectivity index (χ4n) is 8.25. The van der Waals surface area contributed by atoms with E-state index < -0.39 is 0 Å². The highest BCUT2D eigenvalue weighted by Gasteiger charge is 2.54. The predicted octanol–water partition coefficient (Wildman–Crippen LogP) is 7.70. The summed E-state index contributed by atoms with van der Waals surface area (Å²) in [6.45, 7) is 14.7. The Morgan fingerprint density at radius 3 is 2.52 bits per heavy atom. The van der Waals surface area contributed by atoms with Crippen LogP contribution in [-0.4, -0.2) is 11.2 Å². The van der Waals surface area contributed by atoms with Gasteiger partial charge in [-0.1, -0.05) is 72.5 Å². The van der Waals surface area contributed by atoms with Crippen molar-refractivity contribution in [1.82, 2.24) is 0 Å². The average molecular weight is 399 g/mol. The molecular formula is C28H46O. The topological polar surface area (TPSA) is 20.2 Å². The van der Waals surface area contributed by atoms with Crippen LogP contribution in [0.15, 0.2) is 22.8 Å². The molecule has 0 amide bonds. The third kappa shape index (κ3) is 3.48. The number of hydrogen-bond donors (Lipinski definition) is 1. The summed E-state index contributed by atoms with van der Waals surface area (Å²) in [7, 11) is 0. The van der Waals surface area contributed by atoms with Gasteiger partial charge in [0.15, 0.2) is 0 Å². The summed E-state index contributed by atoms with van der Waals surface area (Å²) in [5.74, 6) is 3.66. The van der Waals surface area contributed by atoms with Crippen LogP contribution < -0.4 is 0 Å². The van der Waals surface area contributed by atoms with Crippen LogP contribution in [0.4, 0.5) is 0 Å². The van der Waals surface area contributed by atoms with E-state index in [1.54, 1.807) is 11.1 Å². The molecule has 1 heteroatoms. The van der Waals surface area contributed by atoms with Gasteiger partial charge >= 0.3 is 0 Å². The smallest absolute Gasteiger partial charge is 0.0569 e. The molecule has 0 aliphatic heterocycles. The summed E-state index contributed by atoms with van der Waals surface area (Å²) in [6, 6.07) is 0. The zero-order valence-corrected chi connectivity index (χ0v) is 20.1. The lowest BCUT2D eigenvalue weighted by Gasteiger charge is -2.55. The Morgan fingerprint density at radius 2 is 1.79 bits per heavy atom. The molecule has 0 saturated heterocycles. The van der Waals surface area contributed by atoms with Crippen LogP contribution in [0.2, 0.25) is 0 Å². The van der Waals surface area contributed by atoms with Gasteiger partial charge in [-0.25, -0.2) is 0 Å². The van der Waals surface area contributed by atoms with Crippen molar-refractivity contribution in [3.8, 4) is 0 Å². The van der Waals surface area contributed by atoms with Crippen molar-refractivity contribution < 1.29 is 5.11 Å². The summed E-state index contributed by atoms with van der Waals surface area (Å²) in [5.41, 5.74) is 6.11. The van der Waals surface area contributed by atoms with E-state index in [0.29, 0.717) is 22.7 Å². The Balaban J connectivity index is 1.56. The Bertz CT molecular complexity index is 684. The molecule has 0 aromatic rings. The van der Waals surface area contributed by atoms with Gasteiger partial charge in [-0.05, 0) is 96.5 Å². The largest absolute Gasteiger partial charge is 0.393 e. The lowest BCUT2D eigenvalue weighted by molar-refractivity contribution is -0.0287. The van der Waals surface area contributed by atoms with Crippen LogP contribution in [0.5, 0.6) is 0 Å². The van der Waals surface area contributed by atoms with Crippen molar-refractivity contribution in [1.29, 1.82) is 0 Å². The van der Waals surface area contributed by atoms with Crippen molar-refractivity contribution in [2.75, 3.05) is 0 Å². The summed E-state index contributed by atoms with van der Waals surface area (Å²) in [6.07, 6.45) is 15.5. The molecule has 29 heavy (non-hydrogen) atoms. The average Bonchev–Trinajstić information content (AvgIpc) is 3.02. The Hall–Kier alpha value is -0.560. The molecule has 1 fully saturated rings. The van der Waals surface area contributed by atoms with E-state index in [-0.39, 0.29) is 6.10 Å². The molecule has 4 aliphatic carbocycles. The van der Waals surface area contributed by atoms with Crippen LogP contribution in [0.3, 0.4) is 0 Å². The van der Waals surface area contributed by atoms with Crippen LogP contribution in [0, 0.1) is 40.4 Å². The third-order valence-corrected chi connectivity index (χ3v) is 10.1. The van der Waals surface area contributed by atoms with Gasteiger partial charge in [0.05, 0.1) is 6.10 Å². The number of hydrogen-bond acceptors (Lipinski definition) is 1. The maximum atomic E-state index is 10.5. The number of fused-ring (bicyclic) bond motifs is 4. The standard InChI is InChI=1S/C28H46O/c1-18(2)8-7-9-19(3)22-12-13-24-21-10-11-23-20(4)26(29)15-17-28(23,6)25(21)14-16-27(22,24)5/h13,18-20,22-23,26,29H,7-12,14-17H2,1-6H3. The van der Waals surface area contributed by atoms with Crippen molar-refractivity contribution in [3.63, 3.8) is 0 Å². The van der Waals surface area contributed by atoms with E-state index in [9.17, 15) is 5.11 Å². The molecule has 164 valence electrons. The van der Waals surface area contributed by atoms with Crippen molar-refractivity contribution in [3.05, 3.63) is 22.8 Å². The second kappa shape index (κ2) is 7.85. The first-order chi connectivity index (χ1) is 13.7. The number of rotatable bonds is 5. The van der Waals surface area contributed by atoms with Gasteiger partial charge < -0.3 is 5.11 Å². The maximum Gasteiger partial charge on any atom is 0.0569 e. The molecule has 0 bridgehead atoms. The Morgan fingerprint density at radius 1 is 1.03 bits per heavy atom. The van der Waals surface area contributed by atoms with Gasteiger partial charge in [0, 0.05) is 0 Å². The van der Waals surface area contributed by atoms with Crippen molar-refractivity contribution >= 4 is 0 Å². The highest BCUT2D eigenvalue weighted by molar-refractivity contribution is 5.49. The minimum atomic E-state index is -0.0779. The zero-order valence-electron chi connectivity index (χ0n) is 20.1. The first-order valence-corrected chi connectivity index (χ1v) is 12.8. The van der Waals surface area contributed by atoms with Crippen LogP contribution >= 0.6 is 0 Å².